The summed E-state index contributed by atoms with van der Waals surface area (Å²) >= 11 is 3.31. The largest absolute Gasteiger partial charge is 0.331 e. The molecular weight excluding hydrogens is 278 g/mol. The predicted octanol–water partition coefficient (Wildman–Crippen LogP) is 3.32. The van der Waals surface area contributed by atoms with E-state index in [9.17, 15) is 4.79 Å². The van der Waals surface area contributed by atoms with Crippen LogP contribution < -0.4 is 10.6 Å². The fraction of sp³-hybridized carbons (Fsp3) is 0.385. The number of aryl methyl sites for hydroxylation is 3. The number of thiophene rings is 1. The summed E-state index contributed by atoms with van der Waals surface area (Å²) in [7, 11) is 0. The molecule has 0 unspecified atom stereocenters. The average molecular weight is 293 g/mol. The van der Waals surface area contributed by atoms with E-state index in [1.165, 1.54) is 17.0 Å². The van der Waals surface area contributed by atoms with E-state index in [0.717, 1.165) is 29.1 Å². The zero-order valence-corrected chi connectivity index (χ0v) is 12.3. The fourth-order valence-corrected chi connectivity index (χ4v) is 4.01. The number of hydrogen-bond donors (Lipinski definition) is 2. The first-order chi connectivity index (χ1) is 9.22. The molecule has 2 heterocycles. The van der Waals surface area contributed by atoms with E-state index in [4.69, 9.17) is 0 Å². The molecule has 2 amide bonds. The van der Waals surface area contributed by atoms with Gasteiger partial charge in [0.15, 0.2) is 0 Å². The van der Waals surface area contributed by atoms with Gasteiger partial charge >= 0.3 is 6.03 Å². The molecule has 0 saturated heterocycles. The molecule has 4 nitrogen and oxygen atoms in total. The topological polar surface area (TPSA) is 54.0 Å². The lowest BCUT2D eigenvalue weighted by Crippen LogP contribution is -2.28. The maximum absolute atomic E-state index is 11.8. The zero-order valence-electron chi connectivity index (χ0n) is 10.7. The first-order valence-corrected chi connectivity index (χ1v) is 8.03. The molecule has 0 aliphatic heterocycles. The highest BCUT2D eigenvalue weighted by Crippen LogP contribution is 2.27. The summed E-state index contributed by atoms with van der Waals surface area (Å²) in [6.45, 7) is 2.49. The van der Waals surface area contributed by atoms with E-state index in [1.807, 2.05) is 17.7 Å². The summed E-state index contributed by atoms with van der Waals surface area (Å²) < 4.78 is 0. The Labute approximate surface area is 119 Å². The minimum Gasteiger partial charge on any atom is -0.331 e. The number of rotatable bonds is 3. The minimum atomic E-state index is -0.170. The smallest absolute Gasteiger partial charge is 0.319 e. The maximum atomic E-state index is 11.8. The van der Waals surface area contributed by atoms with Gasteiger partial charge in [-0.1, -0.05) is 0 Å². The van der Waals surface area contributed by atoms with Crippen LogP contribution in [-0.4, -0.2) is 11.0 Å². The van der Waals surface area contributed by atoms with Gasteiger partial charge in [-0.2, -0.15) is 0 Å². The second-order valence-electron chi connectivity index (χ2n) is 4.61. The molecule has 0 saturated carbocycles. The standard InChI is InChI=1S/C13H15N3OS2/c1-8-6-18-7-10(8)16-13(17)14-5-12-15-9-3-2-4-11(9)19-12/h6-7H,2-5H2,1H3,(H2,14,16,17). The summed E-state index contributed by atoms with van der Waals surface area (Å²) in [5.41, 5.74) is 3.20. The summed E-state index contributed by atoms with van der Waals surface area (Å²) in [5, 5.41) is 10.7. The number of thiazole rings is 1. The number of anilines is 1. The molecule has 19 heavy (non-hydrogen) atoms. The number of hydrogen-bond acceptors (Lipinski definition) is 4. The van der Waals surface area contributed by atoms with E-state index >= 15 is 0 Å². The highest BCUT2D eigenvalue weighted by molar-refractivity contribution is 7.11. The molecule has 0 bridgehead atoms. The van der Waals surface area contributed by atoms with Gasteiger partial charge in [0.05, 0.1) is 17.9 Å². The number of fused-ring (bicyclic) bond motifs is 1. The van der Waals surface area contributed by atoms with Gasteiger partial charge in [0.25, 0.3) is 0 Å². The lowest BCUT2D eigenvalue weighted by molar-refractivity contribution is 0.251. The van der Waals surface area contributed by atoms with Gasteiger partial charge in [-0.05, 0) is 37.1 Å². The first kappa shape index (κ1) is 12.6. The molecule has 0 atom stereocenters. The molecule has 2 aromatic rings. The van der Waals surface area contributed by atoms with Crippen LogP contribution >= 0.6 is 22.7 Å². The Balaban J connectivity index is 1.54. The fourth-order valence-electron chi connectivity index (χ4n) is 2.13. The van der Waals surface area contributed by atoms with Crippen molar-refractivity contribution in [3.05, 3.63) is 31.9 Å². The number of aromatic nitrogens is 1. The number of carbonyl (C=O) groups excluding carboxylic acids is 1. The molecule has 1 aliphatic rings. The second-order valence-corrected chi connectivity index (χ2v) is 6.52. The monoisotopic (exact) mass is 293 g/mol. The minimum absolute atomic E-state index is 0.170. The van der Waals surface area contributed by atoms with Crippen molar-refractivity contribution in [1.29, 1.82) is 0 Å². The lowest BCUT2D eigenvalue weighted by atomic mass is 10.3. The van der Waals surface area contributed by atoms with Gasteiger partial charge in [-0.15, -0.1) is 22.7 Å². The molecule has 100 valence electrons. The lowest BCUT2D eigenvalue weighted by Gasteiger charge is -2.05. The number of carbonyl (C=O) groups is 1. The van der Waals surface area contributed by atoms with E-state index in [0.29, 0.717) is 6.54 Å². The number of amides is 2. The van der Waals surface area contributed by atoms with Gasteiger partial charge in [0.1, 0.15) is 5.01 Å². The predicted molar refractivity (Wildman–Crippen MR) is 79.1 cm³/mol. The molecule has 0 radical (unpaired) electrons. The van der Waals surface area contributed by atoms with E-state index < -0.39 is 0 Å². The average Bonchev–Trinajstić information content (AvgIpc) is 3.03. The van der Waals surface area contributed by atoms with Crippen LogP contribution in [-0.2, 0) is 19.4 Å². The van der Waals surface area contributed by atoms with Crippen molar-refractivity contribution in [2.75, 3.05) is 5.32 Å². The quantitative estimate of drug-likeness (QED) is 0.912. The Hall–Kier alpha value is -1.40. The van der Waals surface area contributed by atoms with Crippen molar-refractivity contribution >= 4 is 34.4 Å². The van der Waals surface area contributed by atoms with Crippen molar-refractivity contribution in [2.45, 2.75) is 32.7 Å². The van der Waals surface area contributed by atoms with Gasteiger partial charge in [-0.25, -0.2) is 9.78 Å². The van der Waals surface area contributed by atoms with Crippen molar-refractivity contribution in [3.8, 4) is 0 Å². The summed E-state index contributed by atoms with van der Waals surface area (Å²) in [6.07, 6.45) is 3.46. The molecule has 0 fully saturated rings. The molecular formula is C13H15N3OS2. The Kier molecular flexibility index (Phi) is 3.52. The van der Waals surface area contributed by atoms with Crippen LogP contribution in [0.15, 0.2) is 10.8 Å². The Bertz CT molecular complexity index is 581. The van der Waals surface area contributed by atoms with Crippen LogP contribution in [0.5, 0.6) is 0 Å². The molecule has 2 aromatic heterocycles. The maximum Gasteiger partial charge on any atom is 0.319 e. The van der Waals surface area contributed by atoms with Crippen molar-refractivity contribution in [1.82, 2.24) is 10.3 Å². The molecule has 0 spiro atoms. The van der Waals surface area contributed by atoms with Gasteiger partial charge in [0, 0.05) is 10.3 Å². The van der Waals surface area contributed by atoms with Crippen molar-refractivity contribution in [2.24, 2.45) is 0 Å². The molecule has 3 rings (SSSR count). The summed E-state index contributed by atoms with van der Waals surface area (Å²) in [5.74, 6) is 0. The Morgan fingerprint density at radius 3 is 3.05 bits per heavy atom. The molecule has 1 aliphatic carbocycles. The molecule has 6 heteroatoms. The van der Waals surface area contributed by atoms with Gasteiger partial charge in [-0.3, -0.25) is 0 Å². The highest BCUT2D eigenvalue weighted by Gasteiger charge is 2.16. The van der Waals surface area contributed by atoms with Crippen LogP contribution in [0.2, 0.25) is 0 Å². The second kappa shape index (κ2) is 5.30. The number of urea groups is 1. The van der Waals surface area contributed by atoms with Crippen LogP contribution in [0, 0.1) is 6.92 Å². The van der Waals surface area contributed by atoms with Crippen LogP contribution in [0.25, 0.3) is 0 Å². The van der Waals surface area contributed by atoms with E-state index in [1.54, 1.807) is 22.7 Å². The first-order valence-electron chi connectivity index (χ1n) is 6.27. The van der Waals surface area contributed by atoms with Crippen LogP contribution in [0.1, 0.15) is 27.6 Å². The van der Waals surface area contributed by atoms with E-state index in [-0.39, 0.29) is 6.03 Å². The van der Waals surface area contributed by atoms with Gasteiger partial charge in [0.2, 0.25) is 0 Å². The summed E-state index contributed by atoms with van der Waals surface area (Å²) in [4.78, 5) is 17.7. The van der Waals surface area contributed by atoms with Crippen LogP contribution in [0.3, 0.4) is 0 Å². The number of nitrogens with one attached hydrogen (secondary N) is 2. The number of nitrogens with zero attached hydrogens (tertiary/aromatic N) is 1. The SMILES string of the molecule is Cc1cscc1NC(=O)NCc1nc2c(s1)CCC2. The normalized spacial score (nSPS) is 13.3. The third-order valence-corrected chi connectivity index (χ3v) is 5.16. The van der Waals surface area contributed by atoms with Crippen molar-refractivity contribution in [3.63, 3.8) is 0 Å². The third kappa shape index (κ3) is 2.79. The van der Waals surface area contributed by atoms with E-state index in [2.05, 4.69) is 15.6 Å². The van der Waals surface area contributed by atoms with Crippen LogP contribution in [0.4, 0.5) is 10.5 Å². The third-order valence-electron chi connectivity index (χ3n) is 3.14. The Morgan fingerprint density at radius 1 is 1.42 bits per heavy atom. The summed E-state index contributed by atoms with van der Waals surface area (Å²) in [6, 6.07) is -0.170. The molecule has 0 aromatic carbocycles. The van der Waals surface area contributed by atoms with Gasteiger partial charge < -0.3 is 10.6 Å². The zero-order chi connectivity index (χ0) is 13.2. The Morgan fingerprint density at radius 2 is 2.32 bits per heavy atom. The van der Waals surface area contributed by atoms with Crippen molar-refractivity contribution < 1.29 is 4.79 Å². The highest BCUT2D eigenvalue weighted by atomic mass is 32.1. The molecule has 2 N–H and O–H groups in total.